The van der Waals surface area contributed by atoms with Crippen LogP contribution in [0.25, 0.3) is 0 Å². The van der Waals surface area contributed by atoms with Crippen LogP contribution in [-0.4, -0.2) is 25.4 Å². The van der Waals surface area contributed by atoms with Crippen LogP contribution in [-0.2, 0) is 9.47 Å². The second-order valence-electron chi connectivity index (χ2n) is 4.32. The monoisotopic (exact) mass is 296 g/mol. The smallest absolute Gasteiger partial charge is 0.0622 e. The fraction of sp³-hybridized carbons (Fsp3) is 0.684. The third-order valence-corrected chi connectivity index (χ3v) is 2.83. The van der Waals surface area contributed by atoms with Gasteiger partial charge in [0.1, 0.15) is 0 Å². The Kier molecular flexibility index (Phi) is 20.4. The largest absolute Gasteiger partial charge is 0.381 e. The first-order chi connectivity index (χ1) is 10.3. The maximum Gasteiger partial charge on any atom is 0.0622 e. The van der Waals surface area contributed by atoms with Crippen molar-refractivity contribution in [2.24, 2.45) is 0 Å². The molecule has 0 radical (unpaired) electrons. The Labute approximate surface area is 132 Å². The molecule has 1 heterocycles. The lowest BCUT2D eigenvalue weighted by atomic mass is 10.1. The van der Waals surface area contributed by atoms with Crippen molar-refractivity contribution >= 4 is 0 Å². The summed E-state index contributed by atoms with van der Waals surface area (Å²) in [5.41, 5.74) is 0. The summed E-state index contributed by atoms with van der Waals surface area (Å²) in [4.78, 5) is 0. The van der Waals surface area contributed by atoms with Crippen molar-refractivity contribution in [1.82, 2.24) is 0 Å². The summed E-state index contributed by atoms with van der Waals surface area (Å²) < 4.78 is 11.0. The van der Waals surface area contributed by atoms with Gasteiger partial charge in [0.05, 0.1) is 12.2 Å². The standard InChI is InChI=1S/C9H18O2.C6H6.2C2H6/c1-3-8(2)11-9-4-6-10-7-5-9;1-2-4-6-5-3-1;2*1-2/h8-9H,3-7H2,1-2H3;1-6H;2*1-2H3. The van der Waals surface area contributed by atoms with Crippen molar-refractivity contribution in [3.63, 3.8) is 0 Å². The quantitative estimate of drug-likeness (QED) is 0.710. The lowest BCUT2D eigenvalue weighted by Crippen LogP contribution is -2.26. The van der Waals surface area contributed by atoms with E-state index in [9.17, 15) is 0 Å². The molecule has 0 N–H and O–H groups in total. The van der Waals surface area contributed by atoms with Crippen molar-refractivity contribution in [2.45, 2.75) is 73.0 Å². The number of hydrogen-bond acceptors (Lipinski definition) is 2. The van der Waals surface area contributed by atoms with E-state index in [1.807, 2.05) is 64.1 Å². The normalized spacial score (nSPS) is 15.1. The highest BCUT2D eigenvalue weighted by Crippen LogP contribution is 2.13. The minimum Gasteiger partial charge on any atom is -0.381 e. The zero-order valence-corrected chi connectivity index (χ0v) is 15.0. The molecule has 1 unspecified atom stereocenters. The number of hydrogen-bond donors (Lipinski definition) is 0. The average molecular weight is 296 g/mol. The van der Waals surface area contributed by atoms with Crippen LogP contribution >= 0.6 is 0 Å². The van der Waals surface area contributed by atoms with Crippen LogP contribution in [0.3, 0.4) is 0 Å². The van der Waals surface area contributed by atoms with Gasteiger partial charge in [-0.25, -0.2) is 0 Å². The Morgan fingerprint density at radius 2 is 1.29 bits per heavy atom. The van der Waals surface area contributed by atoms with Crippen molar-refractivity contribution in [1.29, 1.82) is 0 Å². The molecule has 0 aromatic heterocycles. The summed E-state index contributed by atoms with van der Waals surface area (Å²) in [6.45, 7) is 14.0. The Morgan fingerprint density at radius 3 is 1.62 bits per heavy atom. The van der Waals surface area contributed by atoms with E-state index in [4.69, 9.17) is 9.47 Å². The Hall–Kier alpha value is -0.860. The van der Waals surface area contributed by atoms with Gasteiger partial charge in [-0.2, -0.15) is 0 Å². The first kappa shape index (κ1) is 22.4. The molecule has 2 heteroatoms. The molecule has 1 saturated heterocycles. The highest BCUT2D eigenvalue weighted by Gasteiger charge is 2.15. The lowest BCUT2D eigenvalue weighted by Gasteiger charge is -2.25. The van der Waals surface area contributed by atoms with Crippen LogP contribution in [0.1, 0.15) is 60.8 Å². The topological polar surface area (TPSA) is 18.5 Å². The molecule has 0 amide bonds. The maximum absolute atomic E-state index is 5.76. The second-order valence-corrected chi connectivity index (χ2v) is 4.32. The van der Waals surface area contributed by atoms with Crippen molar-refractivity contribution in [3.05, 3.63) is 36.4 Å². The summed E-state index contributed by atoms with van der Waals surface area (Å²) in [7, 11) is 0. The molecule has 2 rings (SSSR count). The van der Waals surface area contributed by atoms with E-state index in [-0.39, 0.29) is 0 Å². The molecule has 0 aliphatic carbocycles. The molecule has 0 saturated carbocycles. The molecule has 1 aliphatic rings. The predicted octanol–water partition coefficient (Wildman–Crippen LogP) is 5.72. The minimum absolute atomic E-state index is 0.415. The van der Waals surface area contributed by atoms with Gasteiger partial charge in [-0.15, -0.1) is 0 Å². The summed E-state index contributed by atoms with van der Waals surface area (Å²) >= 11 is 0. The molecule has 1 aromatic carbocycles. The van der Waals surface area contributed by atoms with Crippen LogP contribution in [0.2, 0.25) is 0 Å². The van der Waals surface area contributed by atoms with Gasteiger partial charge in [-0.05, 0) is 26.2 Å². The van der Waals surface area contributed by atoms with Gasteiger partial charge in [-0.1, -0.05) is 71.0 Å². The molecule has 21 heavy (non-hydrogen) atoms. The van der Waals surface area contributed by atoms with E-state index >= 15 is 0 Å². The van der Waals surface area contributed by atoms with E-state index in [2.05, 4.69) is 13.8 Å². The highest BCUT2D eigenvalue weighted by molar-refractivity contribution is 4.99. The van der Waals surface area contributed by atoms with Gasteiger partial charge in [0.15, 0.2) is 0 Å². The van der Waals surface area contributed by atoms with Crippen molar-refractivity contribution in [3.8, 4) is 0 Å². The molecule has 0 spiro atoms. The zero-order valence-electron chi connectivity index (χ0n) is 15.0. The van der Waals surface area contributed by atoms with Gasteiger partial charge >= 0.3 is 0 Å². The van der Waals surface area contributed by atoms with E-state index in [1.54, 1.807) is 0 Å². The summed E-state index contributed by atoms with van der Waals surface area (Å²) in [6, 6.07) is 12.0. The molecule has 1 fully saturated rings. The zero-order chi connectivity index (χ0) is 16.3. The Bertz CT molecular complexity index is 229. The van der Waals surface area contributed by atoms with Gasteiger partial charge in [0.2, 0.25) is 0 Å². The van der Waals surface area contributed by atoms with Crippen molar-refractivity contribution < 1.29 is 9.47 Å². The molecular formula is C19H36O2. The molecular weight excluding hydrogens is 260 g/mol. The van der Waals surface area contributed by atoms with Gasteiger partial charge < -0.3 is 9.47 Å². The molecule has 124 valence electrons. The van der Waals surface area contributed by atoms with E-state index < -0.39 is 0 Å². The number of benzene rings is 1. The fourth-order valence-corrected chi connectivity index (χ4v) is 1.62. The molecule has 1 atom stereocenters. The maximum atomic E-state index is 5.76. The summed E-state index contributed by atoms with van der Waals surface area (Å²) in [6.07, 6.45) is 4.13. The van der Waals surface area contributed by atoms with Crippen LogP contribution < -0.4 is 0 Å². The first-order valence-corrected chi connectivity index (χ1v) is 8.56. The number of rotatable bonds is 3. The molecule has 1 aromatic rings. The first-order valence-electron chi connectivity index (χ1n) is 8.56. The van der Waals surface area contributed by atoms with Crippen LogP contribution in [0, 0.1) is 0 Å². The molecule has 2 nitrogen and oxygen atoms in total. The SMILES string of the molecule is CC.CC.CCC(C)OC1CCOCC1.c1ccccc1. The van der Waals surface area contributed by atoms with Gasteiger partial charge in [0, 0.05) is 13.2 Å². The predicted molar refractivity (Wildman–Crippen MR) is 93.8 cm³/mol. The fourth-order valence-electron chi connectivity index (χ4n) is 1.62. The molecule has 0 bridgehead atoms. The van der Waals surface area contributed by atoms with E-state index in [0.717, 1.165) is 32.5 Å². The third-order valence-electron chi connectivity index (χ3n) is 2.83. The summed E-state index contributed by atoms with van der Waals surface area (Å²) in [5, 5.41) is 0. The minimum atomic E-state index is 0.415. The van der Waals surface area contributed by atoms with Gasteiger partial charge in [0.25, 0.3) is 0 Å². The second kappa shape index (κ2) is 19.1. The Balaban J connectivity index is 0. The van der Waals surface area contributed by atoms with Gasteiger partial charge in [-0.3, -0.25) is 0 Å². The third kappa shape index (κ3) is 15.3. The van der Waals surface area contributed by atoms with E-state index in [1.165, 1.54) is 0 Å². The van der Waals surface area contributed by atoms with Crippen LogP contribution in [0.5, 0.6) is 0 Å². The average Bonchev–Trinajstić information content (AvgIpc) is 2.61. The van der Waals surface area contributed by atoms with Crippen LogP contribution in [0.4, 0.5) is 0 Å². The van der Waals surface area contributed by atoms with Crippen molar-refractivity contribution in [2.75, 3.05) is 13.2 Å². The summed E-state index contributed by atoms with van der Waals surface area (Å²) in [5.74, 6) is 0. The number of ether oxygens (including phenoxy) is 2. The lowest BCUT2D eigenvalue weighted by molar-refractivity contribution is -0.0629. The van der Waals surface area contributed by atoms with E-state index in [0.29, 0.717) is 12.2 Å². The van der Waals surface area contributed by atoms with Crippen LogP contribution in [0.15, 0.2) is 36.4 Å². The molecule has 1 aliphatic heterocycles. The highest BCUT2D eigenvalue weighted by atomic mass is 16.5. The Morgan fingerprint density at radius 1 is 0.905 bits per heavy atom.